The first kappa shape index (κ1) is 24.5. The molecular weight excluding hydrogens is 438 g/mol. The van der Waals surface area contributed by atoms with Crippen LogP contribution in [0.15, 0.2) is 91.2 Å². The number of benzene rings is 2. The Morgan fingerprint density at radius 3 is 2.57 bits per heavy atom. The van der Waals surface area contributed by atoms with Crippen LogP contribution in [0.25, 0.3) is 10.8 Å². The van der Waals surface area contributed by atoms with Crippen molar-refractivity contribution in [3.63, 3.8) is 0 Å². The van der Waals surface area contributed by atoms with Gasteiger partial charge in [-0.3, -0.25) is 19.9 Å². The monoisotopic (exact) mass is 469 g/mol. The molecule has 3 atom stereocenters. The summed E-state index contributed by atoms with van der Waals surface area (Å²) in [6.07, 6.45) is 9.56. The van der Waals surface area contributed by atoms with E-state index < -0.39 is 28.9 Å². The predicted octanol–water partition coefficient (Wildman–Crippen LogP) is 4.36. The Morgan fingerprint density at radius 2 is 1.83 bits per heavy atom. The van der Waals surface area contributed by atoms with Crippen molar-refractivity contribution in [2.45, 2.75) is 38.4 Å². The van der Waals surface area contributed by atoms with Crippen molar-refractivity contribution in [2.75, 3.05) is 0 Å². The largest absolute Gasteiger partial charge is 0.480 e. The minimum Gasteiger partial charge on any atom is -0.480 e. The average Bonchev–Trinajstić information content (AvgIpc) is 2.87. The molecule has 3 aromatic rings. The van der Waals surface area contributed by atoms with E-state index in [0.29, 0.717) is 6.54 Å². The molecule has 0 bridgehead atoms. The molecule has 0 fully saturated rings. The van der Waals surface area contributed by atoms with E-state index in [9.17, 15) is 14.7 Å². The zero-order chi connectivity index (χ0) is 25.1. The lowest BCUT2D eigenvalue weighted by atomic mass is 9.65. The Labute approximate surface area is 205 Å². The number of aromatic nitrogens is 1. The number of carbonyl (C=O) groups is 2. The molecule has 4 N–H and O–H groups in total. The van der Waals surface area contributed by atoms with Gasteiger partial charge in [-0.2, -0.15) is 0 Å². The molecule has 6 heteroatoms. The number of allylic oxidation sites excluding steroid dienone is 2. The van der Waals surface area contributed by atoms with Crippen molar-refractivity contribution in [1.82, 2.24) is 10.3 Å². The number of carbonyl (C=O) groups excluding carboxylic acids is 1. The predicted molar refractivity (Wildman–Crippen MR) is 137 cm³/mol. The number of carboxylic acid groups (broad SMARTS) is 1. The summed E-state index contributed by atoms with van der Waals surface area (Å²) in [6, 6.07) is 18.8. The summed E-state index contributed by atoms with van der Waals surface area (Å²) in [5.41, 5.74) is 5.86. The fourth-order valence-corrected chi connectivity index (χ4v) is 4.94. The molecule has 4 rings (SSSR count). The number of nitrogens with two attached hydrogens (primary N) is 1. The first-order chi connectivity index (χ1) is 16.7. The molecule has 6 nitrogen and oxygen atoms in total. The lowest BCUT2D eigenvalue weighted by Crippen LogP contribution is -2.53. The summed E-state index contributed by atoms with van der Waals surface area (Å²) in [5, 5.41) is 15.2. The summed E-state index contributed by atoms with van der Waals surface area (Å²) >= 11 is 0. The van der Waals surface area contributed by atoms with Gasteiger partial charge < -0.3 is 10.8 Å². The maximum absolute atomic E-state index is 14.1. The molecule has 0 radical (unpaired) electrons. The maximum Gasteiger partial charge on any atom is 0.320 e. The van der Waals surface area contributed by atoms with Gasteiger partial charge >= 0.3 is 5.97 Å². The van der Waals surface area contributed by atoms with Gasteiger partial charge in [0.2, 0.25) is 0 Å². The molecule has 1 heterocycles. The highest BCUT2D eigenvalue weighted by Crippen LogP contribution is 2.43. The van der Waals surface area contributed by atoms with Gasteiger partial charge in [0, 0.05) is 18.2 Å². The minimum absolute atomic E-state index is 0.0427. The Kier molecular flexibility index (Phi) is 6.96. The number of pyridine rings is 1. The number of hydrogen-bond acceptors (Lipinski definition) is 5. The van der Waals surface area contributed by atoms with Crippen LogP contribution in [0.3, 0.4) is 0 Å². The standard InChI is InChI=1S/C29H31N3O3/c1-28(2,18-25(30)27(34)35)26(33)24-14-5-7-16-29(24,32-19-21-12-6-8-17-31-21)23-15-9-11-20-10-3-4-13-22(20)23/h3-17,24-25,32H,18-19,30H2,1-2H3,(H,34,35). The summed E-state index contributed by atoms with van der Waals surface area (Å²) in [6.45, 7) is 3.99. The third kappa shape index (κ3) is 4.94. The molecule has 1 aromatic heterocycles. The lowest BCUT2D eigenvalue weighted by Gasteiger charge is -2.43. The van der Waals surface area contributed by atoms with Gasteiger partial charge in [0.25, 0.3) is 0 Å². The van der Waals surface area contributed by atoms with Crippen LogP contribution in [0.2, 0.25) is 0 Å². The number of ketones is 1. The van der Waals surface area contributed by atoms with Crippen LogP contribution in [-0.4, -0.2) is 27.9 Å². The van der Waals surface area contributed by atoms with Gasteiger partial charge in [-0.1, -0.05) is 86.7 Å². The van der Waals surface area contributed by atoms with E-state index >= 15 is 0 Å². The Bertz CT molecular complexity index is 1280. The van der Waals surface area contributed by atoms with Gasteiger partial charge in [0.05, 0.1) is 17.2 Å². The number of aliphatic carboxylic acids is 1. The summed E-state index contributed by atoms with van der Waals surface area (Å²) in [5.74, 6) is -1.77. The van der Waals surface area contributed by atoms with E-state index in [0.717, 1.165) is 22.0 Å². The lowest BCUT2D eigenvalue weighted by molar-refractivity contribution is -0.140. The fourth-order valence-electron chi connectivity index (χ4n) is 4.94. The Hall–Kier alpha value is -3.61. The third-order valence-electron chi connectivity index (χ3n) is 6.78. The van der Waals surface area contributed by atoms with Gasteiger partial charge in [-0.15, -0.1) is 0 Å². The molecule has 0 amide bonds. The summed E-state index contributed by atoms with van der Waals surface area (Å²) < 4.78 is 0. The van der Waals surface area contributed by atoms with Crippen molar-refractivity contribution in [1.29, 1.82) is 0 Å². The normalized spacial score (nSPS) is 20.6. The molecule has 35 heavy (non-hydrogen) atoms. The zero-order valence-electron chi connectivity index (χ0n) is 20.0. The first-order valence-electron chi connectivity index (χ1n) is 11.8. The number of Topliss-reactive ketones (excluding diaryl/α,β-unsaturated/α-hetero) is 1. The second kappa shape index (κ2) is 9.94. The van der Waals surface area contributed by atoms with Crippen LogP contribution >= 0.6 is 0 Å². The molecule has 180 valence electrons. The second-order valence-corrected chi connectivity index (χ2v) is 9.69. The number of rotatable bonds is 9. The van der Waals surface area contributed by atoms with Crippen LogP contribution in [-0.2, 0) is 21.7 Å². The van der Waals surface area contributed by atoms with Crippen LogP contribution < -0.4 is 11.1 Å². The fraction of sp³-hybridized carbons (Fsp3) is 0.276. The van der Waals surface area contributed by atoms with Crippen molar-refractivity contribution in [3.05, 3.63) is 102 Å². The van der Waals surface area contributed by atoms with Gasteiger partial charge in [0.15, 0.2) is 0 Å². The Balaban J connectivity index is 1.83. The smallest absolute Gasteiger partial charge is 0.320 e. The molecule has 2 aromatic carbocycles. The highest BCUT2D eigenvalue weighted by Gasteiger charge is 2.47. The average molecular weight is 470 g/mol. The van der Waals surface area contributed by atoms with E-state index in [-0.39, 0.29) is 12.2 Å². The number of fused-ring (bicyclic) bond motifs is 1. The van der Waals surface area contributed by atoms with Gasteiger partial charge in [-0.25, -0.2) is 0 Å². The number of carboxylic acids is 1. The molecule has 1 aliphatic rings. The quantitative estimate of drug-likeness (QED) is 0.430. The number of hydrogen-bond donors (Lipinski definition) is 3. The zero-order valence-corrected chi connectivity index (χ0v) is 20.0. The van der Waals surface area contributed by atoms with E-state index in [1.165, 1.54) is 0 Å². The molecule has 1 aliphatic carbocycles. The van der Waals surface area contributed by atoms with Crippen LogP contribution in [0, 0.1) is 11.3 Å². The number of nitrogens with zero attached hydrogens (tertiary/aromatic N) is 1. The van der Waals surface area contributed by atoms with Crippen molar-refractivity contribution < 1.29 is 14.7 Å². The molecule has 0 saturated carbocycles. The van der Waals surface area contributed by atoms with Gasteiger partial charge in [-0.05, 0) is 34.9 Å². The first-order valence-corrected chi connectivity index (χ1v) is 11.8. The second-order valence-electron chi connectivity index (χ2n) is 9.69. The van der Waals surface area contributed by atoms with E-state index in [1.807, 2.05) is 66.8 Å². The Morgan fingerprint density at radius 1 is 1.09 bits per heavy atom. The molecule has 3 unspecified atom stereocenters. The molecule has 0 saturated heterocycles. The van der Waals surface area contributed by atoms with Crippen molar-refractivity contribution >= 4 is 22.5 Å². The molecule has 0 spiro atoms. The highest BCUT2D eigenvalue weighted by atomic mass is 16.4. The molecular formula is C29H31N3O3. The van der Waals surface area contributed by atoms with Crippen molar-refractivity contribution in [3.8, 4) is 0 Å². The highest BCUT2D eigenvalue weighted by molar-refractivity contribution is 5.93. The summed E-state index contributed by atoms with van der Waals surface area (Å²) in [7, 11) is 0. The topological polar surface area (TPSA) is 105 Å². The molecule has 0 aliphatic heterocycles. The van der Waals surface area contributed by atoms with Crippen LogP contribution in [0.1, 0.15) is 31.5 Å². The van der Waals surface area contributed by atoms with E-state index in [2.05, 4.69) is 28.5 Å². The van der Waals surface area contributed by atoms with Crippen LogP contribution in [0.5, 0.6) is 0 Å². The van der Waals surface area contributed by atoms with Gasteiger partial charge in [0.1, 0.15) is 11.8 Å². The SMILES string of the molecule is CC(C)(CC(N)C(=O)O)C(=O)C1C=CC=CC1(NCc1ccccn1)c1cccc2ccccc12. The summed E-state index contributed by atoms with van der Waals surface area (Å²) in [4.78, 5) is 30.0. The van der Waals surface area contributed by atoms with Crippen LogP contribution in [0.4, 0.5) is 0 Å². The third-order valence-corrected chi connectivity index (χ3v) is 6.78. The minimum atomic E-state index is -1.12. The van der Waals surface area contributed by atoms with E-state index in [1.54, 1.807) is 20.0 Å². The maximum atomic E-state index is 14.1. The number of nitrogens with one attached hydrogen (secondary N) is 1. The van der Waals surface area contributed by atoms with E-state index in [4.69, 9.17) is 5.73 Å². The van der Waals surface area contributed by atoms with Crippen molar-refractivity contribution in [2.24, 2.45) is 17.1 Å².